The van der Waals surface area contributed by atoms with E-state index in [1.165, 1.54) is 12.4 Å². The van der Waals surface area contributed by atoms with E-state index in [1.807, 2.05) is 4.72 Å². The molecule has 1 fully saturated rings. The van der Waals surface area contributed by atoms with Gasteiger partial charge >= 0.3 is 6.18 Å². The molecule has 0 saturated carbocycles. The summed E-state index contributed by atoms with van der Waals surface area (Å²) in [5.41, 5.74) is 8.27. The van der Waals surface area contributed by atoms with Crippen molar-refractivity contribution in [3.63, 3.8) is 0 Å². The largest absolute Gasteiger partial charge is 0.404 e. The Bertz CT molecular complexity index is 1390. The standard InChI is InChI=1S/C22H24F3N7O3S/c1-2-17(33)31-9-3-4-16(11-31)32-21-18(20(26)27-13-28-21)19(30-32)15-7-5-14(6-8-15)10-29-36(34,35)12-22(23,24)25/h2,5-8,13,16,29H,1,3-4,9-12H2,(H2,26,27,28)/t16-/m1/s1. The third-order valence-electron chi connectivity index (χ3n) is 5.82. The third-order valence-corrected chi connectivity index (χ3v) is 7.12. The smallest absolute Gasteiger partial charge is 0.383 e. The fraction of sp³-hybridized carbons (Fsp3) is 0.364. The number of nitrogens with two attached hydrogens (primary N) is 1. The molecule has 3 aromatic rings. The summed E-state index contributed by atoms with van der Waals surface area (Å²) in [7, 11) is -4.51. The van der Waals surface area contributed by atoms with Gasteiger partial charge in [-0.2, -0.15) is 18.3 Å². The van der Waals surface area contributed by atoms with Crippen LogP contribution in [0, 0.1) is 0 Å². The lowest BCUT2D eigenvalue weighted by molar-refractivity contribution is -0.127. The molecule has 1 saturated heterocycles. The molecule has 3 heterocycles. The maximum absolute atomic E-state index is 12.4. The Morgan fingerprint density at radius 1 is 1.25 bits per heavy atom. The maximum atomic E-state index is 12.4. The summed E-state index contributed by atoms with van der Waals surface area (Å²) in [6.07, 6.45) is -0.657. The number of nitrogens with one attached hydrogen (secondary N) is 1. The zero-order valence-corrected chi connectivity index (χ0v) is 19.9. The van der Waals surface area contributed by atoms with Gasteiger partial charge in [0.1, 0.15) is 17.8 Å². The average Bonchev–Trinajstić information content (AvgIpc) is 3.22. The Balaban J connectivity index is 1.61. The van der Waals surface area contributed by atoms with Crippen LogP contribution in [0.4, 0.5) is 19.0 Å². The van der Waals surface area contributed by atoms with E-state index in [0.29, 0.717) is 40.9 Å². The van der Waals surface area contributed by atoms with Crippen molar-refractivity contribution >= 4 is 32.8 Å². The molecule has 1 amide bonds. The molecule has 0 aliphatic carbocycles. The molecule has 1 aromatic carbocycles. The van der Waals surface area contributed by atoms with Crippen LogP contribution in [-0.4, -0.2) is 64.0 Å². The minimum atomic E-state index is -4.83. The number of aromatic nitrogens is 4. The SMILES string of the molecule is C=CC(=O)N1CCC[C@@H](n2nc(-c3ccc(CNS(=O)(=O)CC(F)(F)F)cc3)c3c(N)ncnc32)C1. The van der Waals surface area contributed by atoms with Crippen molar-refractivity contribution in [1.29, 1.82) is 0 Å². The average molecular weight is 524 g/mol. The van der Waals surface area contributed by atoms with Gasteiger partial charge in [0.05, 0.1) is 11.4 Å². The summed E-state index contributed by atoms with van der Waals surface area (Å²) < 4.78 is 64.2. The van der Waals surface area contributed by atoms with Crippen molar-refractivity contribution in [2.45, 2.75) is 31.6 Å². The Hall–Kier alpha value is -3.52. The lowest BCUT2D eigenvalue weighted by Crippen LogP contribution is -2.40. The van der Waals surface area contributed by atoms with E-state index in [-0.39, 0.29) is 24.3 Å². The molecule has 1 aliphatic heterocycles. The molecule has 36 heavy (non-hydrogen) atoms. The van der Waals surface area contributed by atoms with Crippen molar-refractivity contribution in [3.05, 3.63) is 48.8 Å². The van der Waals surface area contributed by atoms with Crippen LogP contribution < -0.4 is 10.5 Å². The van der Waals surface area contributed by atoms with Crippen LogP contribution >= 0.6 is 0 Å². The van der Waals surface area contributed by atoms with E-state index in [2.05, 4.69) is 16.5 Å². The number of sulfonamides is 1. The summed E-state index contributed by atoms with van der Waals surface area (Å²) in [6, 6.07) is 6.36. The molecule has 14 heteroatoms. The number of anilines is 1. The van der Waals surface area contributed by atoms with Crippen molar-refractivity contribution in [2.75, 3.05) is 24.6 Å². The topological polar surface area (TPSA) is 136 Å². The third kappa shape index (κ3) is 5.65. The molecule has 2 aromatic heterocycles. The van der Waals surface area contributed by atoms with Crippen LogP contribution in [0.3, 0.4) is 0 Å². The predicted molar refractivity (Wildman–Crippen MR) is 127 cm³/mol. The molecule has 0 radical (unpaired) electrons. The summed E-state index contributed by atoms with van der Waals surface area (Å²) >= 11 is 0. The lowest BCUT2D eigenvalue weighted by atomic mass is 10.1. The van der Waals surface area contributed by atoms with Crippen LogP contribution in [0.15, 0.2) is 43.2 Å². The first kappa shape index (κ1) is 25.6. The number of amides is 1. The van der Waals surface area contributed by atoms with Gasteiger partial charge < -0.3 is 10.6 Å². The van der Waals surface area contributed by atoms with Gasteiger partial charge in [-0.3, -0.25) is 4.79 Å². The van der Waals surface area contributed by atoms with E-state index in [1.54, 1.807) is 33.8 Å². The molecule has 0 bridgehead atoms. The van der Waals surface area contributed by atoms with Crippen molar-refractivity contribution < 1.29 is 26.4 Å². The highest BCUT2D eigenvalue weighted by molar-refractivity contribution is 7.89. The van der Waals surface area contributed by atoms with Crippen molar-refractivity contribution in [1.82, 2.24) is 29.4 Å². The minimum Gasteiger partial charge on any atom is -0.383 e. The molecule has 4 rings (SSSR count). The molecular formula is C22H24F3N7O3S. The Morgan fingerprint density at radius 3 is 2.64 bits per heavy atom. The van der Waals surface area contributed by atoms with Crippen LogP contribution in [0.5, 0.6) is 0 Å². The second-order valence-corrected chi connectivity index (χ2v) is 10.2. The van der Waals surface area contributed by atoms with E-state index in [0.717, 1.165) is 12.8 Å². The van der Waals surface area contributed by atoms with Crippen LogP contribution in [0.2, 0.25) is 0 Å². The van der Waals surface area contributed by atoms with E-state index < -0.39 is 22.0 Å². The first-order valence-electron chi connectivity index (χ1n) is 11.0. The highest BCUT2D eigenvalue weighted by atomic mass is 32.2. The Morgan fingerprint density at radius 2 is 1.97 bits per heavy atom. The predicted octanol–water partition coefficient (Wildman–Crippen LogP) is 2.41. The molecule has 3 N–H and O–H groups in total. The van der Waals surface area contributed by atoms with E-state index in [4.69, 9.17) is 10.8 Å². The number of likely N-dealkylation sites (tertiary alicyclic amines) is 1. The minimum absolute atomic E-state index is 0.143. The fourth-order valence-corrected chi connectivity index (χ4v) is 5.10. The maximum Gasteiger partial charge on any atom is 0.404 e. The van der Waals surface area contributed by atoms with Crippen LogP contribution in [0.1, 0.15) is 24.4 Å². The summed E-state index contributed by atoms with van der Waals surface area (Å²) in [5.74, 6) is -1.88. The fourth-order valence-electron chi connectivity index (χ4n) is 4.18. The summed E-state index contributed by atoms with van der Waals surface area (Å²) in [4.78, 5) is 22.3. The molecule has 1 aliphatic rings. The second kappa shape index (κ2) is 9.85. The molecule has 0 unspecified atom stereocenters. The lowest BCUT2D eigenvalue weighted by Gasteiger charge is -2.32. The normalized spacial score (nSPS) is 16.9. The summed E-state index contributed by atoms with van der Waals surface area (Å²) in [5, 5.41) is 5.28. The van der Waals surface area contributed by atoms with Crippen LogP contribution in [0.25, 0.3) is 22.3 Å². The molecule has 1 atom stereocenters. The van der Waals surface area contributed by atoms with Crippen molar-refractivity contribution in [3.8, 4) is 11.3 Å². The van der Waals surface area contributed by atoms with Gasteiger partial charge in [0.15, 0.2) is 11.4 Å². The van der Waals surface area contributed by atoms with Gasteiger partial charge in [-0.25, -0.2) is 27.8 Å². The number of fused-ring (bicyclic) bond motifs is 1. The monoisotopic (exact) mass is 523 g/mol. The van der Waals surface area contributed by atoms with Gasteiger partial charge in [0.25, 0.3) is 0 Å². The number of hydrogen-bond acceptors (Lipinski definition) is 7. The number of nitrogens with zero attached hydrogens (tertiary/aromatic N) is 5. The van der Waals surface area contributed by atoms with Gasteiger partial charge in [-0.15, -0.1) is 0 Å². The Labute approximate surface area is 205 Å². The number of hydrogen-bond donors (Lipinski definition) is 2. The number of carbonyl (C=O) groups is 1. The number of carbonyl (C=O) groups excluding carboxylic acids is 1. The first-order valence-corrected chi connectivity index (χ1v) is 12.7. The second-order valence-electron chi connectivity index (χ2n) is 8.43. The molecule has 0 spiro atoms. The highest BCUT2D eigenvalue weighted by Gasteiger charge is 2.35. The number of benzene rings is 1. The Kier molecular flexibility index (Phi) is 7.00. The molecule has 192 valence electrons. The zero-order valence-electron chi connectivity index (χ0n) is 19.1. The summed E-state index contributed by atoms with van der Waals surface area (Å²) in [6.45, 7) is 4.31. The molecule has 10 nitrogen and oxygen atoms in total. The first-order chi connectivity index (χ1) is 17.0. The quantitative estimate of drug-likeness (QED) is 0.454. The highest BCUT2D eigenvalue weighted by Crippen LogP contribution is 2.34. The zero-order chi connectivity index (χ0) is 26.1. The number of piperidine rings is 1. The van der Waals surface area contributed by atoms with E-state index >= 15 is 0 Å². The molecular weight excluding hydrogens is 499 g/mol. The van der Waals surface area contributed by atoms with Crippen molar-refractivity contribution in [2.24, 2.45) is 0 Å². The number of rotatable bonds is 7. The number of halogens is 3. The van der Waals surface area contributed by atoms with Gasteiger partial charge in [-0.05, 0) is 24.5 Å². The van der Waals surface area contributed by atoms with Gasteiger partial charge in [0.2, 0.25) is 15.9 Å². The number of nitrogen functional groups attached to an aromatic ring is 1. The van der Waals surface area contributed by atoms with Crippen LogP contribution in [-0.2, 0) is 21.4 Å². The van der Waals surface area contributed by atoms with Gasteiger partial charge in [0, 0.05) is 25.2 Å². The van der Waals surface area contributed by atoms with Gasteiger partial charge in [-0.1, -0.05) is 30.8 Å². The number of alkyl halides is 3. The van der Waals surface area contributed by atoms with E-state index in [9.17, 15) is 26.4 Å².